The largest absolute Gasteiger partial charge is 0.118 e. The van der Waals surface area contributed by atoms with Gasteiger partial charge in [0, 0.05) is 14.0 Å². The van der Waals surface area contributed by atoms with E-state index in [1.807, 2.05) is 12.1 Å². The van der Waals surface area contributed by atoms with E-state index in [1.165, 1.54) is 26.9 Å². The summed E-state index contributed by atoms with van der Waals surface area (Å²) < 4.78 is 1.24. The van der Waals surface area contributed by atoms with Crippen LogP contribution in [0.1, 0.15) is 26.2 Å². The standard InChI is InChI=1S/C19H21ClS2/c1-2-3-10-16(20)15-19(21-17-11-6-4-7-12-17)22-18-13-8-5-9-14-18/h4-9,11-16H,2-3,10H2,1H3. The van der Waals surface area contributed by atoms with Gasteiger partial charge in [-0.2, -0.15) is 0 Å². The van der Waals surface area contributed by atoms with Gasteiger partial charge in [-0.1, -0.05) is 79.7 Å². The van der Waals surface area contributed by atoms with Gasteiger partial charge in [0.1, 0.15) is 0 Å². The van der Waals surface area contributed by atoms with Crippen LogP contribution >= 0.6 is 35.1 Å². The van der Waals surface area contributed by atoms with E-state index in [2.05, 4.69) is 61.5 Å². The Morgan fingerprint density at radius 1 is 0.955 bits per heavy atom. The van der Waals surface area contributed by atoms with E-state index in [0.717, 1.165) is 6.42 Å². The first-order chi connectivity index (χ1) is 10.8. The molecular formula is C19H21ClS2. The van der Waals surface area contributed by atoms with Gasteiger partial charge in [-0.3, -0.25) is 0 Å². The number of rotatable bonds is 8. The van der Waals surface area contributed by atoms with Gasteiger partial charge in [0.15, 0.2) is 0 Å². The average molecular weight is 349 g/mol. The van der Waals surface area contributed by atoms with E-state index in [4.69, 9.17) is 11.6 Å². The Hall–Kier alpha value is -0.830. The van der Waals surface area contributed by atoms with Gasteiger partial charge in [0.25, 0.3) is 0 Å². The summed E-state index contributed by atoms with van der Waals surface area (Å²) in [6, 6.07) is 20.9. The Morgan fingerprint density at radius 2 is 1.45 bits per heavy atom. The molecule has 0 bridgehead atoms. The van der Waals surface area contributed by atoms with Crippen LogP contribution in [0.25, 0.3) is 0 Å². The number of hydrogen-bond donors (Lipinski definition) is 0. The summed E-state index contributed by atoms with van der Waals surface area (Å²) in [5.41, 5.74) is 0. The van der Waals surface area contributed by atoms with Crippen LogP contribution in [0, 0.1) is 0 Å². The van der Waals surface area contributed by atoms with Crippen LogP contribution < -0.4 is 0 Å². The molecule has 116 valence electrons. The van der Waals surface area contributed by atoms with Crippen LogP contribution in [0.2, 0.25) is 0 Å². The van der Waals surface area contributed by atoms with Crippen molar-refractivity contribution in [1.82, 2.24) is 0 Å². The smallest absolute Gasteiger partial charge is 0.0534 e. The van der Waals surface area contributed by atoms with Crippen molar-refractivity contribution in [2.45, 2.75) is 41.4 Å². The van der Waals surface area contributed by atoms with E-state index in [0.29, 0.717) is 0 Å². The van der Waals surface area contributed by atoms with Gasteiger partial charge >= 0.3 is 0 Å². The molecule has 0 aliphatic carbocycles. The molecule has 2 aromatic rings. The predicted molar refractivity (Wildman–Crippen MR) is 102 cm³/mol. The molecule has 22 heavy (non-hydrogen) atoms. The fraction of sp³-hybridized carbons (Fsp3) is 0.263. The number of unbranched alkanes of at least 4 members (excludes halogenated alkanes) is 1. The second kappa shape index (κ2) is 10.0. The van der Waals surface area contributed by atoms with Crippen molar-refractivity contribution in [2.75, 3.05) is 0 Å². The molecule has 2 aromatic carbocycles. The zero-order chi connectivity index (χ0) is 15.6. The number of hydrogen-bond acceptors (Lipinski definition) is 2. The van der Waals surface area contributed by atoms with Crippen LogP contribution in [0.4, 0.5) is 0 Å². The van der Waals surface area contributed by atoms with Crippen LogP contribution in [0.15, 0.2) is 80.8 Å². The van der Waals surface area contributed by atoms with Gasteiger partial charge in [0.2, 0.25) is 0 Å². The van der Waals surface area contributed by atoms with Crippen molar-refractivity contribution in [3.8, 4) is 0 Å². The normalized spacial score (nSPS) is 11.9. The summed E-state index contributed by atoms with van der Waals surface area (Å²) in [4.78, 5) is 2.49. The molecule has 0 aliphatic heterocycles. The molecule has 1 atom stereocenters. The molecule has 1 unspecified atom stereocenters. The van der Waals surface area contributed by atoms with Gasteiger partial charge in [0.05, 0.1) is 5.38 Å². The Bertz CT molecular complexity index is 523. The average Bonchev–Trinajstić information content (AvgIpc) is 2.55. The second-order valence-corrected chi connectivity index (χ2v) is 8.02. The van der Waals surface area contributed by atoms with Gasteiger partial charge < -0.3 is 0 Å². The fourth-order valence-corrected chi connectivity index (χ4v) is 4.62. The van der Waals surface area contributed by atoms with Crippen LogP contribution in [-0.2, 0) is 0 Å². The molecule has 2 rings (SSSR count). The number of thioether (sulfide) groups is 2. The maximum absolute atomic E-state index is 6.48. The van der Waals surface area contributed by atoms with Crippen LogP contribution in [0.5, 0.6) is 0 Å². The summed E-state index contributed by atoms with van der Waals surface area (Å²) in [5, 5.41) is 0.0994. The van der Waals surface area contributed by atoms with Crippen molar-refractivity contribution in [2.24, 2.45) is 0 Å². The molecule has 0 nitrogen and oxygen atoms in total. The topological polar surface area (TPSA) is 0 Å². The maximum atomic E-state index is 6.48. The van der Waals surface area contributed by atoms with Gasteiger partial charge in [-0.05, 0) is 36.8 Å². The minimum absolute atomic E-state index is 0.0994. The molecule has 0 radical (unpaired) electrons. The zero-order valence-corrected chi connectivity index (χ0v) is 15.1. The van der Waals surface area contributed by atoms with Crippen LogP contribution in [0.3, 0.4) is 0 Å². The maximum Gasteiger partial charge on any atom is 0.0534 e. The molecular weight excluding hydrogens is 328 g/mol. The minimum Gasteiger partial charge on any atom is -0.118 e. The molecule has 0 saturated heterocycles. The summed E-state index contributed by atoms with van der Waals surface area (Å²) in [6.45, 7) is 2.20. The van der Waals surface area contributed by atoms with Crippen molar-refractivity contribution in [1.29, 1.82) is 0 Å². The summed E-state index contributed by atoms with van der Waals surface area (Å²) >= 11 is 10.1. The Labute approximate surface area is 147 Å². The molecule has 0 heterocycles. The molecule has 0 aliphatic rings. The third-order valence-corrected chi connectivity index (χ3v) is 5.61. The summed E-state index contributed by atoms with van der Waals surface area (Å²) in [7, 11) is 0. The quantitative estimate of drug-likeness (QED) is 0.365. The number of alkyl halides is 1. The van der Waals surface area contributed by atoms with Gasteiger partial charge in [-0.15, -0.1) is 11.6 Å². The predicted octanol–water partition coefficient (Wildman–Crippen LogP) is 7.21. The lowest BCUT2D eigenvalue weighted by Gasteiger charge is -2.10. The number of allylic oxidation sites excluding steroid dienone is 1. The molecule has 0 amide bonds. The molecule has 0 N–H and O–H groups in total. The molecule has 0 saturated carbocycles. The lowest BCUT2D eigenvalue weighted by Crippen LogP contribution is -1.93. The monoisotopic (exact) mass is 348 g/mol. The van der Waals surface area contributed by atoms with E-state index >= 15 is 0 Å². The molecule has 3 heteroatoms. The fourth-order valence-electron chi connectivity index (χ4n) is 1.93. The highest BCUT2D eigenvalue weighted by Crippen LogP contribution is 2.39. The highest BCUT2D eigenvalue weighted by molar-refractivity contribution is 8.22. The number of benzene rings is 2. The molecule has 0 fully saturated rings. The molecule has 0 aromatic heterocycles. The van der Waals surface area contributed by atoms with Crippen molar-refractivity contribution in [3.05, 3.63) is 71.0 Å². The minimum atomic E-state index is 0.0994. The third-order valence-electron chi connectivity index (χ3n) is 3.07. The first kappa shape index (κ1) is 17.5. The van der Waals surface area contributed by atoms with Crippen molar-refractivity contribution in [3.63, 3.8) is 0 Å². The lowest BCUT2D eigenvalue weighted by atomic mass is 10.2. The van der Waals surface area contributed by atoms with E-state index in [-0.39, 0.29) is 5.38 Å². The number of halogens is 1. The van der Waals surface area contributed by atoms with Crippen LogP contribution in [-0.4, -0.2) is 5.38 Å². The highest BCUT2D eigenvalue weighted by atomic mass is 35.5. The third kappa shape index (κ3) is 6.51. The van der Waals surface area contributed by atoms with Crippen molar-refractivity contribution >= 4 is 35.1 Å². The van der Waals surface area contributed by atoms with E-state index in [9.17, 15) is 0 Å². The Morgan fingerprint density at radius 3 is 1.91 bits per heavy atom. The second-order valence-electron chi connectivity index (χ2n) is 4.97. The van der Waals surface area contributed by atoms with E-state index < -0.39 is 0 Å². The molecule has 0 spiro atoms. The summed E-state index contributed by atoms with van der Waals surface area (Å²) in [6.07, 6.45) is 5.59. The first-order valence-corrected chi connectivity index (χ1v) is 9.66. The zero-order valence-electron chi connectivity index (χ0n) is 12.7. The van der Waals surface area contributed by atoms with E-state index in [1.54, 1.807) is 23.5 Å². The highest BCUT2D eigenvalue weighted by Gasteiger charge is 2.08. The van der Waals surface area contributed by atoms with Gasteiger partial charge in [-0.25, -0.2) is 0 Å². The lowest BCUT2D eigenvalue weighted by molar-refractivity contribution is 0.734. The van der Waals surface area contributed by atoms with Crippen molar-refractivity contribution < 1.29 is 0 Å². The summed E-state index contributed by atoms with van der Waals surface area (Å²) in [5.74, 6) is 0. The Balaban J connectivity index is 2.11. The Kier molecular flexibility index (Phi) is 8.00. The SMILES string of the molecule is CCCCC(Cl)C=C(Sc1ccccc1)Sc1ccccc1. The first-order valence-electron chi connectivity index (χ1n) is 7.59.